The van der Waals surface area contributed by atoms with Crippen molar-refractivity contribution >= 4 is 15.9 Å². The molecule has 1 aliphatic rings. The van der Waals surface area contributed by atoms with Crippen molar-refractivity contribution in [3.8, 4) is 5.75 Å². The monoisotopic (exact) mass is 346 g/mol. The smallest absolute Gasteiger partial charge is 0.122 e. The first-order valence-corrected chi connectivity index (χ1v) is 8.16. The van der Waals surface area contributed by atoms with Crippen LogP contribution < -0.4 is 4.74 Å². The van der Waals surface area contributed by atoms with E-state index in [1.165, 1.54) is 5.56 Å². The highest BCUT2D eigenvalue weighted by Crippen LogP contribution is 2.36. The summed E-state index contributed by atoms with van der Waals surface area (Å²) < 4.78 is 6.75. The fraction of sp³-hybridized carbons (Fsp3) is 0.333. The second-order valence-corrected chi connectivity index (χ2v) is 6.41. The largest absolute Gasteiger partial charge is 0.493 e. The SMILES string of the molecule is OC(Cc1ccccc1Br)CC1CCOc2ccccc21. The molecule has 2 aromatic rings. The molecule has 0 aliphatic carbocycles. The lowest BCUT2D eigenvalue weighted by molar-refractivity contribution is 0.143. The zero-order chi connectivity index (χ0) is 14.7. The molecule has 1 N–H and O–H groups in total. The second kappa shape index (κ2) is 6.63. The molecule has 3 heteroatoms. The van der Waals surface area contributed by atoms with Crippen molar-refractivity contribution < 1.29 is 9.84 Å². The summed E-state index contributed by atoms with van der Waals surface area (Å²) in [5, 5.41) is 10.4. The maximum absolute atomic E-state index is 10.4. The van der Waals surface area contributed by atoms with Crippen LogP contribution in [0, 0.1) is 0 Å². The van der Waals surface area contributed by atoms with Crippen LogP contribution >= 0.6 is 15.9 Å². The lowest BCUT2D eigenvalue weighted by Gasteiger charge is -2.27. The molecule has 3 rings (SSSR count). The summed E-state index contributed by atoms with van der Waals surface area (Å²) >= 11 is 3.54. The first-order chi connectivity index (χ1) is 10.2. The molecule has 2 aromatic carbocycles. The van der Waals surface area contributed by atoms with E-state index in [1.54, 1.807) is 0 Å². The first-order valence-electron chi connectivity index (χ1n) is 7.37. The Balaban J connectivity index is 1.69. The summed E-state index contributed by atoms with van der Waals surface area (Å²) in [5.74, 6) is 1.36. The molecule has 0 spiro atoms. The molecule has 1 aliphatic heterocycles. The summed E-state index contributed by atoms with van der Waals surface area (Å²) in [5.41, 5.74) is 2.39. The average molecular weight is 347 g/mol. The van der Waals surface area contributed by atoms with Gasteiger partial charge in [-0.3, -0.25) is 0 Å². The van der Waals surface area contributed by atoms with E-state index in [0.717, 1.165) is 35.2 Å². The molecule has 0 amide bonds. The van der Waals surface area contributed by atoms with E-state index in [0.29, 0.717) is 12.3 Å². The van der Waals surface area contributed by atoms with Gasteiger partial charge in [0, 0.05) is 4.47 Å². The first kappa shape index (κ1) is 14.6. The molecular weight excluding hydrogens is 328 g/mol. The van der Waals surface area contributed by atoms with Crippen LogP contribution in [-0.4, -0.2) is 17.8 Å². The van der Waals surface area contributed by atoms with Crippen molar-refractivity contribution in [2.24, 2.45) is 0 Å². The van der Waals surface area contributed by atoms with E-state index in [-0.39, 0.29) is 6.10 Å². The van der Waals surface area contributed by atoms with Crippen molar-refractivity contribution in [2.45, 2.75) is 31.3 Å². The normalized spacial score (nSPS) is 18.7. The standard InChI is InChI=1S/C18H19BrO2/c19-17-7-3-1-5-14(17)12-15(20)11-13-9-10-21-18-8-4-2-6-16(13)18/h1-8,13,15,20H,9-12H2. The Morgan fingerprint density at radius 2 is 1.90 bits per heavy atom. The second-order valence-electron chi connectivity index (χ2n) is 5.56. The number of aliphatic hydroxyl groups is 1. The van der Waals surface area contributed by atoms with Crippen molar-refractivity contribution in [1.29, 1.82) is 0 Å². The van der Waals surface area contributed by atoms with Gasteiger partial charge >= 0.3 is 0 Å². The fourth-order valence-electron chi connectivity index (χ4n) is 2.99. The summed E-state index contributed by atoms with van der Waals surface area (Å²) in [4.78, 5) is 0. The van der Waals surface area contributed by atoms with Gasteiger partial charge in [0.2, 0.25) is 0 Å². The molecule has 0 radical (unpaired) electrons. The molecule has 21 heavy (non-hydrogen) atoms. The number of hydrogen-bond acceptors (Lipinski definition) is 2. The van der Waals surface area contributed by atoms with Gasteiger partial charge in [-0.25, -0.2) is 0 Å². The van der Waals surface area contributed by atoms with Crippen molar-refractivity contribution in [2.75, 3.05) is 6.61 Å². The summed E-state index contributed by atoms with van der Waals surface area (Å²) in [6.45, 7) is 0.740. The number of aliphatic hydroxyl groups excluding tert-OH is 1. The van der Waals surface area contributed by atoms with Crippen LogP contribution in [0.3, 0.4) is 0 Å². The van der Waals surface area contributed by atoms with Gasteiger partial charge in [-0.05, 0) is 48.4 Å². The van der Waals surface area contributed by atoms with Crippen LogP contribution in [0.4, 0.5) is 0 Å². The van der Waals surface area contributed by atoms with Gasteiger partial charge in [0.15, 0.2) is 0 Å². The lowest BCUT2D eigenvalue weighted by Crippen LogP contribution is -2.20. The molecule has 0 saturated heterocycles. The number of fused-ring (bicyclic) bond motifs is 1. The molecule has 0 aromatic heterocycles. The van der Waals surface area contributed by atoms with Crippen molar-refractivity contribution in [1.82, 2.24) is 0 Å². The molecular formula is C18H19BrO2. The minimum absolute atomic E-state index is 0.333. The maximum Gasteiger partial charge on any atom is 0.122 e. The van der Waals surface area contributed by atoms with E-state index in [9.17, 15) is 5.11 Å². The quantitative estimate of drug-likeness (QED) is 0.893. The fourth-order valence-corrected chi connectivity index (χ4v) is 3.44. The minimum atomic E-state index is -0.333. The molecule has 0 bridgehead atoms. The summed E-state index contributed by atoms with van der Waals surface area (Å²) in [6, 6.07) is 16.3. The van der Waals surface area contributed by atoms with Crippen LogP contribution in [0.2, 0.25) is 0 Å². The molecule has 2 unspecified atom stereocenters. The predicted octanol–water partition coefficient (Wildman–Crippen LogP) is 4.31. The minimum Gasteiger partial charge on any atom is -0.493 e. The van der Waals surface area contributed by atoms with E-state index < -0.39 is 0 Å². The highest BCUT2D eigenvalue weighted by molar-refractivity contribution is 9.10. The van der Waals surface area contributed by atoms with Crippen LogP contribution in [0.25, 0.3) is 0 Å². The van der Waals surface area contributed by atoms with Crippen LogP contribution in [0.15, 0.2) is 53.0 Å². The zero-order valence-corrected chi connectivity index (χ0v) is 13.4. The highest BCUT2D eigenvalue weighted by atomic mass is 79.9. The average Bonchev–Trinajstić information content (AvgIpc) is 2.50. The Labute approximate surface area is 133 Å². The molecule has 2 atom stereocenters. The zero-order valence-electron chi connectivity index (χ0n) is 11.8. The molecule has 2 nitrogen and oxygen atoms in total. The van der Waals surface area contributed by atoms with Crippen molar-refractivity contribution in [3.63, 3.8) is 0 Å². The highest BCUT2D eigenvalue weighted by Gasteiger charge is 2.23. The number of para-hydroxylation sites is 1. The lowest BCUT2D eigenvalue weighted by atomic mass is 9.87. The predicted molar refractivity (Wildman–Crippen MR) is 87.8 cm³/mol. The number of halogens is 1. The topological polar surface area (TPSA) is 29.5 Å². The van der Waals surface area contributed by atoms with E-state index >= 15 is 0 Å². The Morgan fingerprint density at radius 3 is 2.76 bits per heavy atom. The summed E-state index contributed by atoms with van der Waals surface area (Å²) in [7, 11) is 0. The van der Waals surface area contributed by atoms with E-state index in [1.807, 2.05) is 36.4 Å². The summed E-state index contributed by atoms with van der Waals surface area (Å²) in [6.07, 6.45) is 2.10. The third kappa shape index (κ3) is 3.47. The molecule has 1 heterocycles. The molecule has 110 valence electrons. The van der Waals surface area contributed by atoms with Gasteiger partial charge in [0.05, 0.1) is 12.7 Å². The van der Waals surface area contributed by atoms with E-state index in [2.05, 4.69) is 28.1 Å². The van der Waals surface area contributed by atoms with Gasteiger partial charge in [0.25, 0.3) is 0 Å². The van der Waals surface area contributed by atoms with Gasteiger partial charge in [0.1, 0.15) is 5.75 Å². The van der Waals surface area contributed by atoms with Gasteiger partial charge in [-0.1, -0.05) is 52.3 Å². The Bertz CT molecular complexity index is 612. The number of benzene rings is 2. The van der Waals surface area contributed by atoms with Crippen LogP contribution in [0.5, 0.6) is 5.75 Å². The number of rotatable bonds is 4. The third-order valence-electron chi connectivity index (χ3n) is 4.05. The van der Waals surface area contributed by atoms with Crippen LogP contribution in [-0.2, 0) is 6.42 Å². The van der Waals surface area contributed by atoms with Crippen molar-refractivity contribution in [3.05, 3.63) is 64.1 Å². The van der Waals surface area contributed by atoms with Gasteiger partial charge in [-0.2, -0.15) is 0 Å². The molecule has 0 fully saturated rings. The van der Waals surface area contributed by atoms with E-state index in [4.69, 9.17) is 4.74 Å². The molecule has 0 saturated carbocycles. The van der Waals surface area contributed by atoms with Crippen LogP contribution in [0.1, 0.15) is 29.9 Å². The van der Waals surface area contributed by atoms with Gasteiger partial charge in [-0.15, -0.1) is 0 Å². The van der Waals surface area contributed by atoms with Gasteiger partial charge < -0.3 is 9.84 Å². The Kier molecular flexibility index (Phi) is 4.61. The number of ether oxygens (including phenoxy) is 1. The number of hydrogen-bond donors (Lipinski definition) is 1. The maximum atomic E-state index is 10.4. The third-order valence-corrected chi connectivity index (χ3v) is 4.83. The Hall–Kier alpha value is -1.32. The Morgan fingerprint density at radius 1 is 1.14 bits per heavy atom.